The minimum atomic E-state index is -4.07. The van der Waals surface area contributed by atoms with Crippen LogP contribution in [0.2, 0.25) is 0 Å². The fraction of sp³-hybridized carbons (Fsp3) is 0.240. The van der Waals surface area contributed by atoms with E-state index >= 15 is 0 Å². The monoisotopic (exact) mass is 529 g/mol. The van der Waals surface area contributed by atoms with Crippen LogP contribution in [-0.2, 0) is 24.8 Å². The number of carbonyl (C=O) groups excluding carboxylic acids is 1. The Bertz CT molecular complexity index is 1400. The zero-order chi connectivity index (χ0) is 25.8. The average Bonchev–Trinajstić information content (AvgIpc) is 2.90. The summed E-state index contributed by atoms with van der Waals surface area (Å²) in [4.78, 5) is 13.5. The number of hydrogen-bond acceptors (Lipinski definition) is 6. The van der Waals surface area contributed by atoms with E-state index in [-0.39, 0.29) is 29.4 Å². The molecule has 1 amide bonds. The fourth-order valence-electron chi connectivity index (χ4n) is 3.96. The number of amides is 1. The lowest BCUT2D eigenvalue weighted by Gasteiger charge is -2.38. The van der Waals surface area contributed by atoms with E-state index in [0.29, 0.717) is 18.0 Å². The van der Waals surface area contributed by atoms with Crippen molar-refractivity contribution in [2.45, 2.75) is 22.8 Å². The van der Waals surface area contributed by atoms with Gasteiger partial charge >= 0.3 is 0 Å². The van der Waals surface area contributed by atoms with Crippen molar-refractivity contribution >= 4 is 31.6 Å². The van der Waals surface area contributed by atoms with Crippen molar-refractivity contribution in [1.29, 1.82) is 0 Å². The van der Waals surface area contributed by atoms with Crippen molar-refractivity contribution in [3.63, 3.8) is 0 Å². The van der Waals surface area contributed by atoms with Crippen LogP contribution in [0.15, 0.2) is 94.7 Å². The van der Waals surface area contributed by atoms with Gasteiger partial charge in [0.05, 0.1) is 16.4 Å². The van der Waals surface area contributed by atoms with E-state index in [1.165, 1.54) is 24.3 Å². The van der Waals surface area contributed by atoms with Crippen molar-refractivity contribution in [2.24, 2.45) is 0 Å². The van der Waals surface area contributed by atoms with E-state index in [1.54, 1.807) is 60.7 Å². The third kappa shape index (κ3) is 5.44. The molecule has 3 aromatic rings. The smallest absolute Gasteiger partial charge is 0.244 e. The van der Waals surface area contributed by atoms with Gasteiger partial charge in [0.1, 0.15) is 11.8 Å². The molecule has 9 nitrogen and oxygen atoms in total. The molecule has 1 N–H and O–H groups in total. The summed E-state index contributed by atoms with van der Waals surface area (Å²) >= 11 is 0. The summed E-state index contributed by atoms with van der Waals surface area (Å²) < 4.78 is 61.1. The highest BCUT2D eigenvalue weighted by molar-refractivity contribution is 7.89. The van der Waals surface area contributed by atoms with Gasteiger partial charge in [-0.15, -0.1) is 0 Å². The number of nitrogens with one attached hydrogen (secondary N) is 1. The summed E-state index contributed by atoms with van der Waals surface area (Å²) in [5.41, 5.74) is 0.434. The van der Waals surface area contributed by atoms with Gasteiger partial charge in [0.2, 0.25) is 26.0 Å². The molecule has 0 aliphatic carbocycles. The largest absolute Gasteiger partial charge is 0.494 e. The SMILES string of the molecule is CCOc1ccc(NC(=O)C2CN(S(=O)(=O)c3ccccc3)CCN2S(=O)(=O)c2ccccc2)cc1. The molecule has 1 atom stereocenters. The standard InChI is InChI=1S/C25H27N3O6S2/c1-2-34-21-15-13-20(14-16-21)26-25(29)24-19-27(35(30,31)22-9-5-3-6-10-22)17-18-28(24)36(32,33)23-11-7-4-8-12-23/h3-16,24H,2,17-19H2,1H3,(H,26,29). The summed E-state index contributed by atoms with van der Waals surface area (Å²) in [5.74, 6) is -0.00629. The Morgan fingerprint density at radius 3 is 1.94 bits per heavy atom. The first-order valence-electron chi connectivity index (χ1n) is 11.4. The van der Waals surface area contributed by atoms with Crippen LogP contribution in [0.1, 0.15) is 6.92 Å². The summed E-state index contributed by atoms with van der Waals surface area (Å²) in [6, 6.07) is 21.0. The van der Waals surface area contributed by atoms with Gasteiger partial charge < -0.3 is 10.1 Å². The molecule has 190 valence electrons. The predicted octanol–water partition coefficient (Wildman–Crippen LogP) is 2.79. The first-order valence-corrected chi connectivity index (χ1v) is 14.3. The van der Waals surface area contributed by atoms with Gasteiger partial charge in [-0.1, -0.05) is 36.4 Å². The summed E-state index contributed by atoms with van der Waals surface area (Å²) in [6.45, 7) is 1.76. The molecule has 1 unspecified atom stereocenters. The maximum absolute atomic E-state index is 13.5. The Morgan fingerprint density at radius 1 is 0.833 bits per heavy atom. The highest BCUT2D eigenvalue weighted by atomic mass is 32.2. The van der Waals surface area contributed by atoms with Crippen molar-refractivity contribution < 1.29 is 26.4 Å². The Morgan fingerprint density at radius 2 is 1.39 bits per heavy atom. The maximum atomic E-state index is 13.5. The number of hydrogen-bond donors (Lipinski definition) is 1. The van der Waals surface area contributed by atoms with Crippen LogP contribution < -0.4 is 10.1 Å². The van der Waals surface area contributed by atoms with Crippen molar-refractivity contribution in [3.05, 3.63) is 84.9 Å². The molecule has 1 aliphatic heterocycles. The molecule has 3 aromatic carbocycles. The van der Waals surface area contributed by atoms with Gasteiger partial charge in [-0.05, 0) is 55.5 Å². The molecule has 36 heavy (non-hydrogen) atoms. The average molecular weight is 530 g/mol. The van der Waals surface area contributed by atoms with Crippen LogP contribution in [-0.4, -0.2) is 63.6 Å². The first kappa shape index (κ1) is 25.8. The van der Waals surface area contributed by atoms with Crippen LogP contribution in [0.5, 0.6) is 5.75 Å². The van der Waals surface area contributed by atoms with Crippen molar-refractivity contribution in [1.82, 2.24) is 8.61 Å². The Hall–Kier alpha value is -3.25. The Kier molecular flexibility index (Phi) is 7.74. The fourth-order valence-corrected chi connectivity index (χ4v) is 7.01. The minimum Gasteiger partial charge on any atom is -0.494 e. The topological polar surface area (TPSA) is 113 Å². The summed E-state index contributed by atoms with van der Waals surface area (Å²) in [6.07, 6.45) is 0. The molecular formula is C25H27N3O6S2. The highest BCUT2D eigenvalue weighted by Gasteiger charge is 2.43. The van der Waals surface area contributed by atoms with Gasteiger partial charge in [0.25, 0.3) is 0 Å². The molecule has 1 heterocycles. The van der Waals surface area contributed by atoms with Crippen LogP contribution in [0, 0.1) is 0 Å². The quantitative estimate of drug-likeness (QED) is 0.480. The van der Waals surface area contributed by atoms with Crippen LogP contribution in [0.4, 0.5) is 5.69 Å². The van der Waals surface area contributed by atoms with E-state index in [1.807, 2.05) is 6.92 Å². The van der Waals surface area contributed by atoms with Gasteiger partial charge in [0, 0.05) is 25.3 Å². The number of benzene rings is 3. The lowest BCUT2D eigenvalue weighted by atomic mass is 10.2. The predicted molar refractivity (Wildman–Crippen MR) is 136 cm³/mol. The molecule has 0 spiro atoms. The zero-order valence-corrected chi connectivity index (χ0v) is 21.3. The maximum Gasteiger partial charge on any atom is 0.244 e. The molecule has 0 radical (unpaired) electrons. The summed E-state index contributed by atoms with van der Waals surface area (Å²) in [5, 5.41) is 2.72. The Labute approximate surface area is 211 Å². The molecular weight excluding hydrogens is 502 g/mol. The second-order valence-electron chi connectivity index (χ2n) is 8.07. The van der Waals surface area contributed by atoms with E-state index in [9.17, 15) is 21.6 Å². The van der Waals surface area contributed by atoms with E-state index in [2.05, 4.69) is 5.32 Å². The third-order valence-electron chi connectivity index (χ3n) is 5.76. The van der Waals surface area contributed by atoms with Gasteiger partial charge in [-0.2, -0.15) is 8.61 Å². The molecule has 0 aromatic heterocycles. The Balaban J connectivity index is 1.65. The van der Waals surface area contributed by atoms with Crippen LogP contribution >= 0.6 is 0 Å². The van der Waals surface area contributed by atoms with Gasteiger partial charge in [-0.3, -0.25) is 4.79 Å². The van der Waals surface area contributed by atoms with E-state index in [4.69, 9.17) is 4.74 Å². The van der Waals surface area contributed by atoms with Crippen LogP contribution in [0.3, 0.4) is 0 Å². The second kappa shape index (κ2) is 10.8. The number of ether oxygens (including phenoxy) is 1. The molecule has 11 heteroatoms. The molecule has 1 aliphatic rings. The second-order valence-corrected chi connectivity index (χ2v) is 11.9. The van der Waals surface area contributed by atoms with Gasteiger partial charge in [0.15, 0.2) is 0 Å². The van der Waals surface area contributed by atoms with Crippen molar-refractivity contribution in [2.75, 3.05) is 31.6 Å². The minimum absolute atomic E-state index is 0.0308. The highest BCUT2D eigenvalue weighted by Crippen LogP contribution is 2.26. The lowest BCUT2D eigenvalue weighted by molar-refractivity contribution is -0.120. The van der Waals surface area contributed by atoms with Crippen LogP contribution in [0.25, 0.3) is 0 Å². The number of nitrogens with zero attached hydrogens (tertiary/aromatic N) is 2. The summed E-state index contributed by atoms with van der Waals surface area (Å²) in [7, 11) is -8.00. The van der Waals surface area contributed by atoms with E-state index < -0.39 is 32.0 Å². The number of rotatable bonds is 8. The number of anilines is 1. The van der Waals surface area contributed by atoms with Crippen molar-refractivity contribution in [3.8, 4) is 5.75 Å². The molecule has 1 fully saturated rings. The first-order chi connectivity index (χ1) is 17.2. The normalized spacial score (nSPS) is 17.4. The third-order valence-corrected chi connectivity index (χ3v) is 9.56. The number of carbonyl (C=O) groups is 1. The lowest BCUT2D eigenvalue weighted by Crippen LogP contribution is -2.60. The van der Waals surface area contributed by atoms with Gasteiger partial charge in [-0.25, -0.2) is 16.8 Å². The molecule has 0 saturated carbocycles. The number of sulfonamides is 2. The number of piperazine rings is 1. The molecule has 4 rings (SSSR count). The molecule has 0 bridgehead atoms. The zero-order valence-electron chi connectivity index (χ0n) is 19.6. The molecule has 1 saturated heterocycles. The van der Waals surface area contributed by atoms with E-state index in [0.717, 1.165) is 8.61 Å².